The molecule has 1 N–H and O–H groups in total. The third-order valence-electron chi connectivity index (χ3n) is 6.45. The molecule has 1 atom stereocenters. The maximum Gasteiger partial charge on any atom is 0.244 e. The molecule has 8 nitrogen and oxygen atoms in total. The van der Waals surface area contributed by atoms with E-state index in [1.807, 2.05) is 37.3 Å². The minimum atomic E-state index is -3.92. The molecular weight excluding hydrogens is 585 g/mol. The van der Waals surface area contributed by atoms with E-state index in [0.29, 0.717) is 22.9 Å². The SMILES string of the molecule is CCCCNC(=O)C(Cc1ccccc1)N(Cc1cccc(Cl)c1)C(=O)CN(c1ccc(OC)c(Cl)c1)S(C)(=O)=O. The Labute approximate surface area is 252 Å². The van der Waals surface area contributed by atoms with E-state index in [9.17, 15) is 18.0 Å². The van der Waals surface area contributed by atoms with Gasteiger partial charge in [-0.05, 0) is 47.9 Å². The molecule has 0 aromatic heterocycles. The molecule has 0 aliphatic rings. The van der Waals surface area contributed by atoms with Crippen molar-refractivity contribution in [2.75, 3.05) is 30.8 Å². The molecule has 0 radical (unpaired) electrons. The lowest BCUT2D eigenvalue weighted by molar-refractivity contribution is -0.140. The van der Waals surface area contributed by atoms with Crippen molar-refractivity contribution in [1.82, 2.24) is 10.2 Å². The summed E-state index contributed by atoms with van der Waals surface area (Å²) in [5, 5.41) is 3.62. The Morgan fingerprint density at radius 1 is 0.976 bits per heavy atom. The van der Waals surface area contributed by atoms with Gasteiger partial charge in [0.1, 0.15) is 18.3 Å². The van der Waals surface area contributed by atoms with Crippen LogP contribution in [0.1, 0.15) is 30.9 Å². The number of amides is 2. The zero-order chi connectivity index (χ0) is 30.0. The molecule has 0 spiro atoms. The van der Waals surface area contributed by atoms with Crippen LogP contribution in [0.5, 0.6) is 5.75 Å². The van der Waals surface area contributed by atoms with E-state index in [1.54, 1.807) is 24.3 Å². The molecule has 220 valence electrons. The molecule has 11 heteroatoms. The summed E-state index contributed by atoms with van der Waals surface area (Å²) in [4.78, 5) is 29.1. The molecule has 1 unspecified atom stereocenters. The van der Waals surface area contributed by atoms with Crippen molar-refractivity contribution < 1.29 is 22.7 Å². The number of nitrogens with one attached hydrogen (secondary N) is 1. The number of unbranched alkanes of at least 4 members (excludes halogenated alkanes) is 1. The summed E-state index contributed by atoms with van der Waals surface area (Å²) in [6, 6.07) is 19.9. The fourth-order valence-corrected chi connectivity index (χ4v) is 5.62. The smallest absolute Gasteiger partial charge is 0.244 e. The summed E-state index contributed by atoms with van der Waals surface area (Å²) in [6.07, 6.45) is 2.92. The fraction of sp³-hybridized carbons (Fsp3) is 0.333. The van der Waals surface area contributed by atoms with Crippen LogP contribution in [0.3, 0.4) is 0 Å². The maximum absolute atomic E-state index is 14.1. The van der Waals surface area contributed by atoms with Gasteiger partial charge in [0, 0.05) is 24.5 Å². The molecule has 0 aliphatic carbocycles. The van der Waals surface area contributed by atoms with Crippen molar-refractivity contribution in [3.8, 4) is 5.75 Å². The van der Waals surface area contributed by atoms with Crippen molar-refractivity contribution >= 4 is 50.7 Å². The van der Waals surface area contributed by atoms with Crippen molar-refractivity contribution in [3.05, 3.63) is 94.0 Å². The van der Waals surface area contributed by atoms with E-state index >= 15 is 0 Å². The standard InChI is InChI=1S/C30H35Cl2N3O5S/c1-4-5-16-33-30(37)27(18-22-10-7-6-8-11-22)34(20-23-12-9-13-24(31)17-23)29(36)21-35(41(3,38)39)25-14-15-28(40-2)26(32)19-25/h6-15,17,19,27H,4-5,16,18,20-21H2,1-3H3,(H,33,37). The molecule has 3 aromatic carbocycles. The summed E-state index contributed by atoms with van der Waals surface area (Å²) >= 11 is 12.5. The quantitative estimate of drug-likeness (QED) is 0.246. The lowest BCUT2D eigenvalue weighted by Crippen LogP contribution is -2.53. The van der Waals surface area contributed by atoms with Gasteiger partial charge in [0.15, 0.2) is 0 Å². The van der Waals surface area contributed by atoms with Gasteiger partial charge in [0.05, 0.1) is 24.1 Å². The highest BCUT2D eigenvalue weighted by atomic mass is 35.5. The van der Waals surface area contributed by atoms with Gasteiger partial charge in [-0.2, -0.15) is 0 Å². The minimum Gasteiger partial charge on any atom is -0.495 e. The normalized spacial score (nSPS) is 11.9. The van der Waals surface area contributed by atoms with Crippen LogP contribution >= 0.6 is 23.2 Å². The summed E-state index contributed by atoms with van der Waals surface area (Å²) < 4.78 is 32.0. The summed E-state index contributed by atoms with van der Waals surface area (Å²) in [5.41, 5.74) is 1.75. The maximum atomic E-state index is 14.1. The van der Waals surface area contributed by atoms with Crippen LogP contribution in [-0.4, -0.2) is 57.6 Å². The molecule has 0 fully saturated rings. The highest BCUT2D eigenvalue weighted by molar-refractivity contribution is 7.92. The van der Waals surface area contributed by atoms with Gasteiger partial charge >= 0.3 is 0 Å². The summed E-state index contributed by atoms with van der Waals surface area (Å²) in [7, 11) is -2.47. The van der Waals surface area contributed by atoms with Crippen LogP contribution in [0.2, 0.25) is 10.0 Å². The van der Waals surface area contributed by atoms with E-state index < -0.39 is 28.5 Å². The van der Waals surface area contributed by atoms with Crippen LogP contribution < -0.4 is 14.4 Å². The zero-order valence-corrected chi connectivity index (χ0v) is 25.7. The monoisotopic (exact) mass is 619 g/mol. The third-order valence-corrected chi connectivity index (χ3v) is 8.12. The number of ether oxygens (including phenoxy) is 1. The predicted molar refractivity (Wildman–Crippen MR) is 164 cm³/mol. The van der Waals surface area contributed by atoms with E-state index in [4.69, 9.17) is 27.9 Å². The number of hydrogen-bond acceptors (Lipinski definition) is 5. The first-order valence-corrected chi connectivity index (χ1v) is 15.8. The molecule has 0 aliphatic heterocycles. The van der Waals surface area contributed by atoms with E-state index in [-0.39, 0.29) is 29.6 Å². The Morgan fingerprint density at radius 3 is 2.29 bits per heavy atom. The molecule has 0 saturated carbocycles. The van der Waals surface area contributed by atoms with Gasteiger partial charge in [-0.1, -0.05) is 79.0 Å². The average Bonchev–Trinajstić information content (AvgIpc) is 2.93. The Balaban J connectivity index is 2.04. The van der Waals surface area contributed by atoms with E-state index in [0.717, 1.165) is 29.0 Å². The first-order chi connectivity index (χ1) is 19.5. The number of sulfonamides is 1. The molecule has 3 aromatic rings. The largest absolute Gasteiger partial charge is 0.495 e. The first kappa shape index (κ1) is 32.2. The molecule has 0 bridgehead atoms. The summed E-state index contributed by atoms with van der Waals surface area (Å²) in [6.45, 7) is 1.97. The van der Waals surface area contributed by atoms with Crippen LogP contribution in [0.4, 0.5) is 5.69 Å². The number of nitrogens with zero attached hydrogens (tertiary/aromatic N) is 2. The number of carbonyl (C=O) groups is 2. The number of rotatable bonds is 14. The average molecular weight is 621 g/mol. The second-order valence-electron chi connectivity index (χ2n) is 9.59. The van der Waals surface area contributed by atoms with Crippen LogP contribution in [0.15, 0.2) is 72.8 Å². The molecular formula is C30H35Cl2N3O5S. The van der Waals surface area contributed by atoms with Crippen molar-refractivity contribution in [2.24, 2.45) is 0 Å². The Kier molecular flexibility index (Phi) is 11.9. The van der Waals surface area contributed by atoms with Crippen LogP contribution in [-0.2, 0) is 32.6 Å². The second-order valence-corrected chi connectivity index (χ2v) is 12.3. The molecule has 0 saturated heterocycles. The van der Waals surface area contributed by atoms with Crippen molar-refractivity contribution in [2.45, 2.75) is 38.8 Å². The lowest BCUT2D eigenvalue weighted by Gasteiger charge is -2.33. The summed E-state index contributed by atoms with van der Waals surface area (Å²) in [5.74, 6) is -0.519. The minimum absolute atomic E-state index is 0.0407. The molecule has 3 rings (SSSR count). The van der Waals surface area contributed by atoms with E-state index in [2.05, 4.69) is 5.32 Å². The lowest BCUT2D eigenvalue weighted by atomic mass is 10.0. The van der Waals surface area contributed by atoms with Crippen LogP contribution in [0.25, 0.3) is 0 Å². The fourth-order valence-electron chi connectivity index (χ4n) is 4.32. The van der Waals surface area contributed by atoms with Crippen LogP contribution in [0, 0.1) is 0 Å². The third kappa shape index (κ3) is 9.38. The number of methoxy groups -OCH3 is 1. The predicted octanol–water partition coefficient (Wildman–Crippen LogP) is 5.32. The number of carbonyl (C=O) groups excluding carboxylic acids is 2. The van der Waals surface area contributed by atoms with Gasteiger partial charge in [0.25, 0.3) is 0 Å². The van der Waals surface area contributed by atoms with Crippen molar-refractivity contribution in [1.29, 1.82) is 0 Å². The topological polar surface area (TPSA) is 96.0 Å². The molecule has 2 amide bonds. The number of anilines is 1. The number of benzene rings is 3. The van der Waals surface area contributed by atoms with Gasteiger partial charge in [-0.15, -0.1) is 0 Å². The Bertz CT molecular complexity index is 1440. The molecule has 41 heavy (non-hydrogen) atoms. The Morgan fingerprint density at radius 2 is 1.68 bits per heavy atom. The Hall–Kier alpha value is -3.27. The second kappa shape index (κ2) is 15.1. The van der Waals surface area contributed by atoms with Gasteiger partial charge in [0.2, 0.25) is 21.8 Å². The number of hydrogen-bond donors (Lipinski definition) is 1. The van der Waals surface area contributed by atoms with E-state index in [1.165, 1.54) is 30.2 Å². The highest BCUT2D eigenvalue weighted by Crippen LogP contribution is 2.30. The van der Waals surface area contributed by atoms with Crippen molar-refractivity contribution in [3.63, 3.8) is 0 Å². The highest BCUT2D eigenvalue weighted by Gasteiger charge is 2.33. The van der Waals surface area contributed by atoms with Gasteiger partial charge in [-0.25, -0.2) is 8.42 Å². The molecule has 0 heterocycles. The zero-order valence-electron chi connectivity index (χ0n) is 23.3. The van der Waals surface area contributed by atoms with Gasteiger partial charge < -0.3 is 15.0 Å². The van der Waals surface area contributed by atoms with Gasteiger partial charge in [-0.3, -0.25) is 13.9 Å². The number of halogens is 2. The first-order valence-electron chi connectivity index (χ1n) is 13.2.